The second-order valence-corrected chi connectivity index (χ2v) is 4.57. The van der Waals surface area contributed by atoms with Gasteiger partial charge in [-0.05, 0) is 25.3 Å². The normalized spacial score (nSPS) is 32.9. The molecule has 2 rings (SSSR count). The molecule has 1 fully saturated rings. The number of rotatable bonds is 1. The van der Waals surface area contributed by atoms with Gasteiger partial charge in [-0.2, -0.15) is 0 Å². The fraction of sp³-hybridized carbons (Fsp3) is 0.538. The summed E-state index contributed by atoms with van der Waals surface area (Å²) in [6, 6.07) is 10.4. The Morgan fingerprint density at radius 1 is 1.21 bits per heavy atom. The molecule has 1 aliphatic rings. The van der Waals surface area contributed by atoms with Crippen LogP contribution in [-0.4, -0.2) is 10.7 Å². The molecule has 1 aliphatic carbocycles. The minimum Gasteiger partial charge on any atom is -0.390 e. The van der Waals surface area contributed by atoms with Crippen molar-refractivity contribution >= 4 is 0 Å². The van der Waals surface area contributed by atoms with Crippen molar-refractivity contribution in [1.82, 2.24) is 0 Å². The van der Waals surface area contributed by atoms with Gasteiger partial charge in [-0.1, -0.05) is 43.2 Å². The van der Waals surface area contributed by atoms with Gasteiger partial charge in [0.25, 0.3) is 0 Å². The Hall–Kier alpha value is -0.820. The first-order valence-electron chi connectivity index (χ1n) is 5.47. The number of aliphatic hydroxyl groups is 1. The molecule has 2 atom stereocenters. The summed E-state index contributed by atoms with van der Waals surface area (Å²) in [6.07, 6.45) is 4.47. The molecule has 14 heavy (non-hydrogen) atoms. The standard InChI is InChI=1S/C13H18O/c1-13(14)10-6-5-9-12(13)11-7-3-2-4-8-11/h2-4,7-8,12,14H,5-6,9-10H2,1H3/t12-,13-/m1/s1. The van der Waals surface area contributed by atoms with E-state index < -0.39 is 5.60 Å². The molecule has 1 aromatic rings. The molecular weight excluding hydrogens is 172 g/mol. The van der Waals surface area contributed by atoms with Crippen molar-refractivity contribution in [2.75, 3.05) is 0 Å². The average Bonchev–Trinajstić information content (AvgIpc) is 2.18. The number of hydrogen-bond acceptors (Lipinski definition) is 1. The predicted molar refractivity (Wildman–Crippen MR) is 58.3 cm³/mol. The van der Waals surface area contributed by atoms with Crippen molar-refractivity contribution in [2.24, 2.45) is 0 Å². The molecule has 1 nitrogen and oxygen atoms in total. The van der Waals surface area contributed by atoms with E-state index in [0.29, 0.717) is 5.92 Å². The molecule has 0 heterocycles. The maximum absolute atomic E-state index is 10.3. The van der Waals surface area contributed by atoms with E-state index in [1.165, 1.54) is 12.0 Å². The zero-order valence-corrected chi connectivity index (χ0v) is 8.74. The van der Waals surface area contributed by atoms with E-state index in [1.807, 2.05) is 13.0 Å². The van der Waals surface area contributed by atoms with Crippen LogP contribution >= 0.6 is 0 Å². The van der Waals surface area contributed by atoms with Crippen LogP contribution in [0.15, 0.2) is 30.3 Å². The van der Waals surface area contributed by atoms with E-state index in [0.717, 1.165) is 19.3 Å². The van der Waals surface area contributed by atoms with Crippen LogP contribution in [0.2, 0.25) is 0 Å². The molecule has 0 radical (unpaired) electrons. The van der Waals surface area contributed by atoms with Crippen LogP contribution in [-0.2, 0) is 0 Å². The Morgan fingerprint density at radius 3 is 2.57 bits per heavy atom. The van der Waals surface area contributed by atoms with Crippen molar-refractivity contribution in [3.8, 4) is 0 Å². The molecular formula is C13H18O. The van der Waals surface area contributed by atoms with E-state index in [9.17, 15) is 5.11 Å². The van der Waals surface area contributed by atoms with Crippen molar-refractivity contribution in [1.29, 1.82) is 0 Å². The molecule has 76 valence electrons. The fourth-order valence-corrected chi connectivity index (χ4v) is 2.53. The van der Waals surface area contributed by atoms with Crippen LogP contribution in [0.4, 0.5) is 0 Å². The van der Waals surface area contributed by atoms with Gasteiger partial charge in [0.05, 0.1) is 5.60 Å². The second-order valence-electron chi connectivity index (χ2n) is 4.57. The van der Waals surface area contributed by atoms with Crippen LogP contribution in [0.5, 0.6) is 0 Å². The summed E-state index contributed by atoms with van der Waals surface area (Å²) in [7, 11) is 0. The maximum Gasteiger partial charge on any atom is 0.0688 e. The molecule has 1 aromatic carbocycles. The summed E-state index contributed by atoms with van der Waals surface area (Å²) in [5.74, 6) is 0.331. The number of benzene rings is 1. The van der Waals surface area contributed by atoms with E-state index in [1.54, 1.807) is 0 Å². The van der Waals surface area contributed by atoms with Gasteiger partial charge in [0.2, 0.25) is 0 Å². The summed E-state index contributed by atoms with van der Waals surface area (Å²) in [5.41, 5.74) is 0.789. The van der Waals surface area contributed by atoms with E-state index >= 15 is 0 Å². The highest BCUT2D eigenvalue weighted by molar-refractivity contribution is 5.23. The molecule has 0 spiro atoms. The third-order valence-electron chi connectivity index (χ3n) is 3.38. The molecule has 0 bridgehead atoms. The van der Waals surface area contributed by atoms with Crippen molar-refractivity contribution in [3.63, 3.8) is 0 Å². The fourth-order valence-electron chi connectivity index (χ4n) is 2.53. The molecule has 0 saturated heterocycles. The third-order valence-corrected chi connectivity index (χ3v) is 3.38. The summed E-state index contributed by atoms with van der Waals surface area (Å²) in [4.78, 5) is 0. The quantitative estimate of drug-likeness (QED) is 0.721. The Balaban J connectivity index is 2.24. The van der Waals surface area contributed by atoms with Gasteiger partial charge < -0.3 is 5.11 Å². The zero-order valence-electron chi connectivity index (χ0n) is 8.74. The van der Waals surface area contributed by atoms with Gasteiger partial charge >= 0.3 is 0 Å². The molecule has 1 saturated carbocycles. The second kappa shape index (κ2) is 3.74. The number of hydrogen-bond donors (Lipinski definition) is 1. The van der Waals surface area contributed by atoms with Gasteiger partial charge in [-0.25, -0.2) is 0 Å². The average molecular weight is 190 g/mol. The lowest BCUT2D eigenvalue weighted by molar-refractivity contribution is 0.000662. The Kier molecular flexibility index (Phi) is 2.60. The Morgan fingerprint density at radius 2 is 1.93 bits per heavy atom. The summed E-state index contributed by atoms with van der Waals surface area (Å²) >= 11 is 0. The molecule has 0 aliphatic heterocycles. The first-order chi connectivity index (χ1) is 6.70. The van der Waals surface area contributed by atoms with Crippen molar-refractivity contribution < 1.29 is 5.11 Å². The van der Waals surface area contributed by atoms with Gasteiger partial charge in [0.15, 0.2) is 0 Å². The highest BCUT2D eigenvalue weighted by Gasteiger charge is 2.34. The lowest BCUT2D eigenvalue weighted by atomic mass is 9.73. The van der Waals surface area contributed by atoms with Crippen LogP contribution < -0.4 is 0 Å². The topological polar surface area (TPSA) is 20.2 Å². The molecule has 1 heteroatoms. The van der Waals surface area contributed by atoms with Gasteiger partial charge in [0, 0.05) is 5.92 Å². The summed E-state index contributed by atoms with van der Waals surface area (Å²) in [5, 5.41) is 10.3. The first kappa shape index (κ1) is 9.72. The first-order valence-corrected chi connectivity index (χ1v) is 5.47. The van der Waals surface area contributed by atoms with Gasteiger partial charge in [-0.15, -0.1) is 0 Å². The molecule has 0 amide bonds. The minimum atomic E-state index is -0.500. The molecule has 1 N–H and O–H groups in total. The van der Waals surface area contributed by atoms with Gasteiger partial charge in [0.1, 0.15) is 0 Å². The molecule has 0 unspecified atom stereocenters. The lowest BCUT2D eigenvalue weighted by Crippen LogP contribution is -2.35. The van der Waals surface area contributed by atoms with Crippen LogP contribution in [0, 0.1) is 0 Å². The maximum atomic E-state index is 10.3. The lowest BCUT2D eigenvalue weighted by Gasteiger charge is -2.37. The van der Waals surface area contributed by atoms with E-state index in [2.05, 4.69) is 24.3 Å². The van der Waals surface area contributed by atoms with Crippen molar-refractivity contribution in [2.45, 2.75) is 44.1 Å². The molecule has 0 aromatic heterocycles. The van der Waals surface area contributed by atoms with Crippen LogP contribution in [0.3, 0.4) is 0 Å². The smallest absolute Gasteiger partial charge is 0.0688 e. The van der Waals surface area contributed by atoms with Crippen LogP contribution in [0.25, 0.3) is 0 Å². The summed E-state index contributed by atoms with van der Waals surface area (Å²) in [6.45, 7) is 1.98. The third kappa shape index (κ3) is 1.83. The Labute approximate surface area is 85.8 Å². The highest BCUT2D eigenvalue weighted by atomic mass is 16.3. The monoisotopic (exact) mass is 190 g/mol. The van der Waals surface area contributed by atoms with Crippen LogP contribution in [0.1, 0.15) is 44.1 Å². The SMILES string of the molecule is C[C@@]1(O)CCCC[C@@H]1c1ccccc1. The highest BCUT2D eigenvalue weighted by Crippen LogP contribution is 2.40. The van der Waals surface area contributed by atoms with E-state index in [-0.39, 0.29) is 0 Å². The Bertz CT molecular complexity index is 289. The summed E-state index contributed by atoms with van der Waals surface area (Å²) < 4.78 is 0. The van der Waals surface area contributed by atoms with Gasteiger partial charge in [-0.3, -0.25) is 0 Å². The van der Waals surface area contributed by atoms with Crippen molar-refractivity contribution in [3.05, 3.63) is 35.9 Å². The zero-order chi connectivity index (χ0) is 10.0. The predicted octanol–water partition coefficient (Wildman–Crippen LogP) is 3.10. The largest absolute Gasteiger partial charge is 0.390 e. The minimum absolute atomic E-state index is 0.331. The van der Waals surface area contributed by atoms with E-state index in [4.69, 9.17) is 0 Å².